The molecule has 0 radical (unpaired) electrons. The molecule has 4 rings (SSSR count). The van der Waals surface area contributed by atoms with Crippen LogP contribution in [-0.4, -0.2) is 95.1 Å². The zero-order chi connectivity index (χ0) is 29.6. The quantitative estimate of drug-likeness (QED) is 0.121. The molecule has 42 heavy (non-hydrogen) atoms. The first-order valence-corrected chi connectivity index (χ1v) is 14.1. The molecule has 1 aromatic carbocycles. The number of aliphatic hydroxyl groups excluding tert-OH is 1. The third-order valence-corrected chi connectivity index (χ3v) is 6.44. The molecule has 3 aromatic heterocycles. The molecule has 14 nitrogen and oxygen atoms in total. The second kappa shape index (κ2) is 16.7. The topological polar surface area (TPSA) is 196 Å². The predicted molar refractivity (Wildman–Crippen MR) is 156 cm³/mol. The van der Waals surface area contributed by atoms with E-state index in [-0.39, 0.29) is 18.4 Å². The van der Waals surface area contributed by atoms with Crippen LogP contribution in [0.15, 0.2) is 28.9 Å². The number of carbonyl (C=O) groups is 1. The summed E-state index contributed by atoms with van der Waals surface area (Å²) in [5, 5.41) is 14.1. The number of nitrogen functional groups attached to an aromatic ring is 2. The Labute approximate surface area is 243 Å². The Hall–Kier alpha value is -3.69. The van der Waals surface area contributed by atoms with E-state index in [0.29, 0.717) is 106 Å². The van der Waals surface area contributed by atoms with Crippen molar-refractivity contribution in [3.8, 4) is 11.3 Å². The number of rotatable bonds is 21. The van der Waals surface area contributed by atoms with Gasteiger partial charge in [0.15, 0.2) is 11.2 Å². The Morgan fingerprint density at radius 3 is 2.33 bits per heavy atom. The van der Waals surface area contributed by atoms with E-state index >= 15 is 0 Å². The molecule has 228 valence electrons. The summed E-state index contributed by atoms with van der Waals surface area (Å²) in [6.07, 6.45) is 4.84. The lowest BCUT2D eigenvalue weighted by Crippen LogP contribution is -2.13. The van der Waals surface area contributed by atoms with Gasteiger partial charge in [-0.15, -0.1) is 0 Å². The SMILES string of the molecule is Nc1nc2cc(-c3nn(CCCCCC(=O)CCOCCOCCOCCOCCO)c4ncnc(N)c34)ccc2o1. The Morgan fingerprint density at radius 1 is 0.881 bits per heavy atom. The van der Waals surface area contributed by atoms with Crippen LogP contribution >= 0.6 is 0 Å². The van der Waals surface area contributed by atoms with E-state index in [2.05, 4.69) is 15.0 Å². The van der Waals surface area contributed by atoms with Gasteiger partial charge < -0.3 is 39.9 Å². The number of hydrogen-bond acceptors (Lipinski definition) is 13. The first-order valence-electron chi connectivity index (χ1n) is 14.1. The average Bonchev–Trinajstić information content (AvgIpc) is 3.55. The zero-order valence-electron chi connectivity index (χ0n) is 23.7. The summed E-state index contributed by atoms with van der Waals surface area (Å²) in [7, 11) is 0. The number of hydrogen-bond donors (Lipinski definition) is 3. The number of unbranched alkanes of at least 4 members (excludes halogenated alkanes) is 2. The molecule has 3 heterocycles. The maximum atomic E-state index is 12.2. The molecule has 0 aliphatic heterocycles. The van der Waals surface area contributed by atoms with Crippen LogP contribution in [0.1, 0.15) is 32.1 Å². The molecule has 0 spiro atoms. The van der Waals surface area contributed by atoms with Gasteiger partial charge in [0.25, 0.3) is 6.01 Å². The third kappa shape index (κ3) is 9.16. The van der Waals surface area contributed by atoms with Crippen molar-refractivity contribution in [1.29, 1.82) is 0 Å². The number of ketones is 1. The average molecular weight is 586 g/mol. The molecule has 0 saturated heterocycles. The summed E-state index contributed by atoms with van der Waals surface area (Å²) in [6, 6.07) is 5.64. The first-order chi connectivity index (χ1) is 20.6. The number of fused-ring (bicyclic) bond motifs is 2. The van der Waals surface area contributed by atoms with Crippen molar-refractivity contribution in [2.24, 2.45) is 0 Å². The van der Waals surface area contributed by atoms with Gasteiger partial charge >= 0.3 is 0 Å². The van der Waals surface area contributed by atoms with E-state index < -0.39 is 0 Å². The number of nitrogens with two attached hydrogens (primary N) is 2. The second-order valence-electron chi connectivity index (χ2n) is 9.54. The van der Waals surface area contributed by atoms with Crippen LogP contribution in [0.3, 0.4) is 0 Å². The number of oxazole rings is 1. The molecule has 0 bridgehead atoms. The van der Waals surface area contributed by atoms with Crippen LogP contribution in [0.5, 0.6) is 0 Å². The molecule has 0 amide bonds. The molecular weight excluding hydrogens is 546 g/mol. The highest BCUT2D eigenvalue weighted by atomic mass is 16.6. The number of aryl methyl sites for hydroxylation is 1. The van der Waals surface area contributed by atoms with E-state index in [1.54, 1.807) is 6.07 Å². The van der Waals surface area contributed by atoms with Gasteiger partial charge in [0.05, 0.1) is 64.8 Å². The van der Waals surface area contributed by atoms with Crippen LogP contribution < -0.4 is 11.5 Å². The Kier molecular flexibility index (Phi) is 12.4. The molecule has 0 saturated carbocycles. The maximum absolute atomic E-state index is 12.2. The number of nitrogens with zero attached hydrogens (tertiary/aromatic N) is 5. The van der Waals surface area contributed by atoms with E-state index in [1.165, 1.54) is 6.33 Å². The lowest BCUT2D eigenvalue weighted by molar-refractivity contribution is -0.120. The van der Waals surface area contributed by atoms with Gasteiger partial charge in [-0.3, -0.25) is 4.79 Å². The summed E-state index contributed by atoms with van der Waals surface area (Å²) in [6.45, 7) is 4.07. The van der Waals surface area contributed by atoms with E-state index in [0.717, 1.165) is 24.8 Å². The lowest BCUT2D eigenvalue weighted by atomic mass is 10.1. The number of ether oxygens (including phenoxy) is 4. The molecule has 5 N–H and O–H groups in total. The third-order valence-electron chi connectivity index (χ3n) is 6.44. The van der Waals surface area contributed by atoms with Gasteiger partial charge in [-0.1, -0.05) is 6.42 Å². The first kappa shape index (κ1) is 31.3. The van der Waals surface area contributed by atoms with Crippen LogP contribution in [-0.2, 0) is 30.3 Å². The minimum absolute atomic E-state index is 0.00992. The van der Waals surface area contributed by atoms with Crippen LogP contribution in [0.25, 0.3) is 33.4 Å². The van der Waals surface area contributed by atoms with Crippen molar-refractivity contribution in [3.63, 3.8) is 0 Å². The molecule has 0 unspecified atom stereocenters. The lowest BCUT2D eigenvalue weighted by Gasteiger charge is -2.07. The van der Waals surface area contributed by atoms with Gasteiger partial charge in [-0.05, 0) is 31.0 Å². The fourth-order valence-electron chi connectivity index (χ4n) is 4.38. The minimum Gasteiger partial charge on any atom is -0.424 e. The van der Waals surface area contributed by atoms with Gasteiger partial charge in [0.1, 0.15) is 29.1 Å². The van der Waals surface area contributed by atoms with E-state index in [4.69, 9.17) is 45.0 Å². The monoisotopic (exact) mass is 585 g/mol. The zero-order valence-corrected chi connectivity index (χ0v) is 23.7. The van der Waals surface area contributed by atoms with E-state index in [9.17, 15) is 4.79 Å². The molecule has 0 aliphatic rings. The fraction of sp³-hybridized carbons (Fsp3) is 0.536. The molecule has 0 atom stereocenters. The van der Waals surface area contributed by atoms with Crippen molar-refractivity contribution in [2.75, 3.05) is 70.9 Å². The summed E-state index contributed by atoms with van der Waals surface area (Å²) in [4.78, 5) is 25.0. The van der Waals surface area contributed by atoms with Gasteiger partial charge in [0, 0.05) is 24.9 Å². The van der Waals surface area contributed by atoms with Crippen LogP contribution in [0, 0.1) is 0 Å². The number of anilines is 2. The van der Waals surface area contributed by atoms with Crippen LogP contribution in [0.2, 0.25) is 0 Å². The molecular formula is C28H39N7O7. The molecule has 0 aliphatic carbocycles. The standard InChI is InChI=1S/C28H39N7O7/c29-26-24-25(20-5-6-23-22(18-20)33-28(30)42-23)34-35(27(24)32-19-31-26)8-3-1-2-4-21(37)7-10-38-12-14-40-16-17-41-15-13-39-11-9-36/h5-6,18-19,36H,1-4,7-17H2,(H2,30,33)(H2,29,31,32). The smallest absolute Gasteiger partial charge is 0.292 e. The summed E-state index contributed by atoms with van der Waals surface area (Å²) in [5.41, 5.74) is 15.3. The normalized spacial score (nSPS) is 11.6. The maximum Gasteiger partial charge on any atom is 0.292 e. The number of benzene rings is 1. The van der Waals surface area contributed by atoms with Crippen molar-refractivity contribution >= 4 is 39.7 Å². The van der Waals surface area contributed by atoms with Crippen molar-refractivity contribution in [3.05, 3.63) is 24.5 Å². The highest BCUT2D eigenvalue weighted by molar-refractivity contribution is 5.99. The highest BCUT2D eigenvalue weighted by Crippen LogP contribution is 2.32. The molecule has 14 heteroatoms. The number of Topliss-reactive ketones (excluding diaryl/α,β-unsaturated/α-hetero) is 1. The van der Waals surface area contributed by atoms with Crippen molar-refractivity contribution in [1.82, 2.24) is 24.7 Å². The van der Waals surface area contributed by atoms with Gasteiger partial charge in [-0.25, -0.2) is 14.6 Å². The summed E-state index contributed by atoms with van der Waals surface area (Å²) >= 11 is 0. The molecule has 0 fully saturated rings. The summed E-state index contributed by atoms with van der Waals surface area (Å²) in [5.74, 6) is 0.537. The Morgan fingerprint density at radius 2 is 1.60 bits per heavy atom. The Balaban J connectivity index is 1.11. The second-order valence-corrected chi connectivity index (χ2v) is 9.54. The van der Waals surface area contributed by atoms with Gasteiger partial charge in [0.2, 0.25) is 0 Å². The Bertz CT molecular complexity index is 1410. The minimum atomic E-state index is 0.00992. The van der Waals surface area contributed by atoms with Crippen molar-refractivity contribution in [2.45, 2.75) is 38.6 Å². The van der Waals surface area contributed by atoms with Gasteiger partial charge in [-0.2, -0.15) is 10.1 Å². The number of carbonyl (C=O) groups excluding carboxylic acids is 1. The predicted octanol–water partition coefficient (Wildman–Crippen LogP) is 2.38. The highest BCUT2D eigenvalue weighted by Gasteiger charge is 2.18. The number of aromatic nitrogens is 5. The number of aliphatic hydroxyl groups is 1. The largest absolute Gasteiger partial charge is 0.424 e. The summed E-state index contributed by atoms with van der Waals surface area (Å²) < 4.78 is 28.6. The fourth-order valence-corrected chi connectivity index (χ4v) is 4.38. The van der Waals surface area contributed by atoms with Crippen LogP contribution in [0.4, 0.5) is 11.8 Å². The van der Waals surface area contributed by atoms with Crippen molar-refractivity contribution < 1.29 is 33.3 Å². The molecule has 4 aromatic rings. The van der Waals surface area contributed by atoms with E-state index in [1.807, 2.05) is 16.8 Å².